The Labute approximate surface area is 131 Å². The highest BCUT2D eigenvalue weighted by atomic mass is 16.2. The van der Waals surface area contributed by atoms with Gasteiger partial charge in [0.15, 0.2) is 0 Å². The molecule has 2 N–H and O–H groups in total. The van der Waals surface area contributed by atoms with Crippen molar-refractivity contribution in [2.24, 2.45) is 0 Å². The molecule has 22 heavy (non-hydrogen) atoms. The van der Waals surface area contributed by atoms with Crippen LogP contribution in [0, 0.1) is 0 Å². The van der Waals surface area contributed by atoms with Crippen LogP contribution < -0.4 is 5.73 Å². The summed E-state index contributed by atoms with van der Waals surface area (Å²) in [5.74, 6) is 0.421. The van der Waals surface area contributed by atoms with E-state index in [2.05, 4.69) is 36.2 Å². The van der Waals surface area contributed by atoms with Crippen LogP contribution in [0.4, 0.5) is 5.82 Å². The van der Waals surface area contributed by atoms with E-state index in [4.69, 9.17) is 5.73 Å². The van der Waals surface area contributed by atoms with Crippen LogP contribution in [0.5, 0.6) is 0 Å². The molecule has 1 fully saturated rings. The fourth-order valence-corrected chi connectivity index (χ4v) is 3.25. The fourth-order valence-electron chi connectivity index (χ4n) is 3.25. The number of carbonyl (C=O) groups excluding carboxylic acids is 1. The Hall–Kier alpha value is -2.36. The number of benzene rings is 1. The first-order chi connectivity index (χ1) is 10.6. The van der Waals surface area contributed by atoms with Gasteiger partial charge in [-0.1, -0.05) is 37.3 Å². The van der Waals surface area contributed by atoms with Crippen LogP contribution in [0.15, 0.2) is 48.7 Å². The molecule has 0 bridgehead atoms. The summed E-state index contributed by atoms with van der Waals surface area (Å²) in [4.78, 5) is 18.6. The number of hydrogen-bond acceptors (Lipinski definition) is 3. The van der Waals surface area contributed by atoms with E-state index in [9.17, 15) is 4.79 Å². The quantitative estimate of drug-likeness (QED) is 0.926. The number of amides is 1. The van der Waals surface area contributed by atoms with Gasteiger partial charge in [-0.3, -0.25) is 4.79 Å². The summed E-state index contributed by atoms with van der Waals surface area (Å²) in [5, 5.41) is 0. The number of hydrogen-bond donors (Lipinski definition) is 1. The number of piperidine rings is 1. The number of likely N-dealkylation sites (tertiary alicyclic amines) is 1. The van der Waals surface area contributed by atoms with Gasteiger partial charge in [-0.05, 0) is 30.5 Å². The number of aromatic nitrogens is 1. The zero-order chi connectivity index (χ0) is 15.6. The second kappa shape index (κ2) is 5.79. The molecule has 0 saturated carbocycles. The third kappa shape index (κ3) is 2.82. The maximum atomic E-state index is 12.7. The first-order valence-corrected chi connectivity index (χ1v) is 7.65. The number of pyridine rings is 1. The highest BCUT2D eigenvalue weighted by Crippen LogP contribution is 2.34. The fraction of sp³-hybridized carbons (Fsp3) is 0.333. The van der Waals surface area contributed by atoms with E-state index < -0.39 is 0 Å². The number of carbonyl (C=O) groups is 1. The molecule has 1 aliphatic heterocycles. The van der Waals surface area contributed by atoms with Crippen LogP contribution in [0.2, 0.25) is 0 Å². The third-order valence-electron chi connectivity index (χ3n) is 4.48. The molecule has 1 amide bonds. The minimum absolute atomic E-state index is 0.00768. The Kier molecular flexibility index (Phi) is 3.84. The van der Waals surface area contributed by atoms with Crippen molar-refractivity contribution in [1.29, 1.82) is 0 Å². The topological polar surface area (TPSA) is 59.2 Å². The highest BCUT2D eigenvalue weighted by Gasteiger charge is 2.34. The average Bonchev–Trinajstić information content (AvgIpc) is 2.55. The van der Waals surface area contributed by atoms with Crippen molar-refractivity contribution in [3.05, 3.63) is 59.8 Å². The van der Waals surface area contributed by atoms with E-state index >= 15 is 0 Å². The van der Waals surface area contributed by atoms with Crippen molar-refractivity contribution in [2.45, 2.75) is 25.2 Å². The van der Waals surface area contributed by atoms with Gasteiger partial charge in [-0.25, -0.2) is 4.98 Å². The normalized spacial score (nSPS) is 21.6. The number of nitrogens with two attached hydrogens (primary N) is 1. The second-order valence-corrected chi connectivity index (χ2v) is 6.23. The number of rotatable bonds is 2. The van der Waals surface area contributed by atoms with Gasteiger partial charge in [-0.2, -0.15) is 0 Å². The molecule has 1 atom stereocenters. The summed E-state index contributed by atoms with van der Waals surface area (Å²) in [6, 6.07) is 13.8. The molecule has 4 nitrogen and oxygen atoms in total. The first-order valence-electron chi connectivity index (χ1n) is 7.65. The zero-order valence-corrected chi connectivity index (χ0v) is 12.8. The lowest BCUT2D eigenvalue weighted by Gasteiger charge is -2.41. The molecule has 2 heterocycles. The maximum Gasteiger partial charge on any atom is 0.254 e. The van der Waals surface area contributed by atoms with E-state index in [0.29, 0.717) is 11.4 Å². The van der Waals surface area contributed by atoms with Gasteiger partial charge in [0.05, 0.1) is 0 Å². The summed E-state index contributed by atoms with van der Waals surface area (Å²) in [6.07, 6.45) is 3.69. The van der Waals surface area contributed by atoms with Crippen LogP contribution in [0.1, 0.15) is 35.7 Å². The van der Waals surface area contributed by atoms with Crippen LogP contribution in [-0.4, -0.2) is 28.9 Å². The van der Waals surface area contributed by atoms with E-state index in [1.165, 1.54) is 5.56 Å². The molecular weight excluding hydrogens is 274 g/mol. The lowest BCUT2D eigenvalue weighted by Crippen LogP contribution is -2.47. The summed E-state index contributed by atoms with van der Waals surface area (Å²) < 4.78 is 0. The van der Waals surface area contributed by atoms with Crippen molar-refractivity contribution in [3.8, 4) is 0 Å². The van der Waals surface area contributed by atoms with Gasteiger partial charge >= 0.3 is 0 Å². The van der Waals surface area contributed by atoms with Crippen molar-refractivity contribution >= 4 is 11.7 Å². The largest absolute Gasteiger partial charge is 0.384 e. The van der Waals surface area contributed by atoms with Crippen molar-refractivity contribution in [1.82, 2.24) is 9.88 Å². The van der Waals surface area contributed by atoms with Crippen molar-refractivity contribution in [2.75, 3.05) is 18.8 Å². The number of anilines is 1. The van der Waals surface area contributed by atoms with Gasteiger partial charge in [0.25, 0.3) is 5.91 Å². The van der Waals surface area contributed by atoms with Crippen LogP contribution >= 0.6 is 0 Å². The Morgan fingerprint density at radius 3 is 2.77 bits per heavy atom. The SMILES string of the molecule is C[C@@]1(c2ccccc2)CCCN(C(=O)c2ccnc(N)c2)C1. The van der Waals surface area contributed by atoms with Crippen LogP contribution in [0.3, 0.4) is 0 Å². The van der Waals surface area contributed by atoms with E-state index in [1.807, 2.05) is 11.0 Å². The smallest absolute Gasteiger partial charge is 0.254 e. The van der Waals surface area contributed by atoms with E-state index in [-0.39, 0.29) is 11.3 Å². The van der Waals surface area contributed by atoms with Gasteiger partial charge in [0.2, 0.25) is 0 Å². The van der Waals surface area contributed by atoms with Gasteiger partial charge in [-0.15, -0.1) is 0 Å². The molecule has 2 aromatic rings. The molecule has 1 aliphatic rings. The highest BCUT2D eigenvalue weighted by molar-refractivity contribution is 5.94. The van der Waals surface area contributed by atoms with Crippen LogP contribution in [-0.2, 0) is 5.41 Å². The number of nitrogen functional groups attached to an aromatic ring is 1. The molecule has 0 aliphatic carbocycles. The average molecular weight is 295 g/mol. The molecule has 4 heteroatoms. The third-order valence-corrected chi connectivity index (χ3v) is 4.48. The molecule has 0 unspecified atom stereocenters. The first kappa shape index (κ1) is 14.6. The van der Waals surface area contributed by atoms with Crippen LogP contribution in [0.25, 0.3) is 0 Å². The van der Waals surface area contributed by atoms with Crippen molar-refractivity contribution in [3.63, 3.8) is 0 Å². The van der Waals surface area contributed by atoms with Gasteiger partial charge in [0.1, 0.15) is 5.82 Å². The molecular formula is C18H21N3O. The Morgan fingerprint density at radius 2 is 2.05 bits per heavy atom. The summed E-state index contributed by atoms with van der Waals surface area (Å²) in [5.41, 5.74) is 7.60. The summed E-state index contributed by atoms with van der Waals surface area (Å²) in [6.45, 7) is 3.77. The summed E-state index contributed by atoms with van der Waals surface area (Å²) in [7, 11) is 0. The Balaban J connectivity index is 1.83. The number of nitrogens with zero attached hydrogens (tertiary/aromatic N) is 2. The second-order valence-electron chi connectivity index (χ2n) is 6.23. The molecule has 1 aromatic carbocycles. The minimum atomic E-state index is 0.00768. The maximum absolute atomic E-state index is 12.7. The Morgan fingerprint density at radius 1 is 1.27 bits per heavy atom. The molecule has 1 aromatic heterocycles. The monoisotopic (exact) mass is 295 g/mol. The van der Waals surface area contributed by atoms with Gasteiger partial charge < -0.3 is 10.6 Å². The minimum Gasteiger partial charge on any atom is -0.384 e. The molecule has 0 spiro atoms. The lowest BCUT2D eigenvalue weighted by molar-refractivity contribution is 0.0651. The van der Waals surface area contributed by atoms with E-state index in [1.54, 1.807) is 18.3 Å². The summed E-state index contributed by atoms with van der Waals surface area (Å²) >= 11 is 0. The predicted octanol–water partition coefficient (Wildman–Crippen LogP) is 2.86. The van der Waals surface area contributed by atoms with Gasteiger partial charge in [0, 0.05) is 30.3 Å². The standard InChI is InChI=1S/C18H21N3O/c1-18(15-6-3-2-4-7-15)9-5-11-21(13-18)17(22)14-8-10-20-16(19)12-14/h2-4,6-8,10,12H,5,9,11,13H2,1H3,(H2,19,20)/t18-/m1/s1. The lowest BCUT2D eigenvalue weighted by atomic mass is 9.76. The molecule has 3 rings (SSSR count). The van der Waals surface area contributed by atoms with E-state index in [0.717, 1.165) is 25.9 Å². The Bertz CT molecular complexity index is 671. The van der Waals surface area contributed by atoms with Crippen molar-refractivity contribution < 1.29 is 4.79 Å². The molecule has 1 saturated heterocycles. The zero-order valence-electron chi connectivity index (χ0n) is 12.8. The predicted molar refractivity (Wildman–Crippen MR) is 87.6 cm³/mol. The molecule has 0 radical (unpaired) electrons. The molecule has 114 valence electrons.